The lowest BCUT2D eigenvalue weighted by Gasteiger charge is -2.25. The van der Waals surface area contributed by atoms with Gasteiger partial charge in [0.2, 0.25) is 0 Å². The first-order valence-corrected chi connectivity index (χ1v) is 11.2. The first-order chi connectivity index (χ1) is 15.9. The molecule has 1 aliphatic heterocycles. The summed E-state index contributed by atoms with van der Waals surface area (Å²) in [4.78, 5) is 28.5. The summed E-state index contributed by atoms with van der Waals surface area (Å²) in [6, 6.07) is 14.2. The minimum Gasteiger partial charge on any atom is -0.507 e. The number of hydrogen-bond donors (Lipinski definition) is 2. The van der Waals surface area contributed by atoms with Crippen molar-refractivity contribution in [1.82, 2.24) is 4.90 Å². The monoisotopic (exact) mass is 465 g/mol. The van der Waals surface area contributed by atoms with Crippen molar-refractivity contribution < 1.29 is 29.3 Å². The van der Waals surface area contributed by atoms with E-state index in [4.69, 9.17) is 9.47 Å². The summed E-state index contributed by atoms with van der Waals surface area (Å²) >= 11 is 1.47. The number of methoxy groups -OCH3 is 1. The molecule has 4 rings (SSSR count). The van der Waals surface area contributed by atoms with Gasteiger partial charge in [-0.2, -0.15) is 0 Å². The molecule has 3 aromatic rings. The normalized spacial score (nSPS) is 17.4. The lowest BCUT2D eigenvalue weighted by Crippen LogP contribution is -2.28. The molecule has 2 aromatic carbocycles. The van der Waals surface area contributed by atoms with E-state index in [-0.39, 0.29) is 29.4 Å². The summed E-state index contributed by atoms with van der Waals surface area (Å²) in [6.07, 6.45) is 0. The second-order valence-electron chi connectivity index (χ2n) is 7.40. The van der Waals surface area contributed by atoms with Gasteiger partial charge in [-0.1, -0.05) is 12.1 Å². The van der Waals surface area contributed by atoms with Crippen molar-refractivity contribution in [2.75, 3.05) is 13.7 Å². The van der Waals surface area contributed by atoms with Gasteiger partial charge in [0.05, 0.1) is 31.9 Å². The standard InChI is InChI=1S/C25H23NO6S/c1-3-32-20-13-16(8-11-19(20)27)22-21(23(28)15-6-9-17(31-2)10-7-15)24(29)25(30)26(22)14-18-5-4-12-33-18/h4-13,22,27-28H,3,14H2,1-2H3/b23-21-. The number of phenolic OH excluding ortho intramolecular Hbond substituents is 1. The number of ketones is 1. The van der Waals surface area contributed by atoms with Gasteiger partial charge in [0.1, 0.15) is 11.5 Å². The second-order valence-corrected chi connectivity index (χ2v) is 8.43. The molecule has 7 nitrogen and oxygen atoms in total. The van der Waals surface area contributed by atoms with E-state index in [1.54, 1.807) is 43.3 Å². The van der Waals surface area contributed by atoms with E-state index in [0.29, 0.717) is 23.5 Å². The molecule has 8 heteroatoms. The van der Waals surface area contributed by atoms with Crippen LogP contribution in [0.4, 0.5) is 0 Å². The molecule has 1 aromatic heterocycles. The zero-order valence-electron chi connectivity index (χ0n) is 18.1. The highest BCUT2D eigenvalue weighted by Crippen LogP contribution is 2.42. The van der Waals surface area contributed by atoms with E-state index in [1.807, 2.05) is 17.5 Å². The fraction of sp³-hybridized carbons (Fsp3) is 0.200. The van der Waals surface area contributed by atoms with Gasteiger partial charge in [0.15, 0.2) is 11.5 Å². The van der Waals surface area contributed by atoms with Gasteiger partial charge in [-0.25, -0.2) is 0 Å². The largest absolute Gasteiger partial charge is 0.507 e. The first-order valence-electron chi connectivity index (χ1n) is 10.4. The first kappa shape index (κ1) is 22.4. The van der Waals surface area contributed by atoms with Gasteiger partial charge in [0.25, 0.3) is 11.7 Å². The van der Waals surface area contributed by atoms with E-state index in [2.05, 4.69) is 0 Å². The number of hydrogen-bond acceptors (Lipinski definition) is 7. The average molecular weight is 466 g/mol. The van der Waals surface area contributed by atoms with Crippen molar-refractivity contribution in [3.63, 3.8) is 0 Å². The Balaban J connectivity index is 1.87. The van der Waals surface area contributed by atoms with E-state index in [0.717, 1.165) is 4.88 Å². The number of ether oxygens (including phenoxy) is 2. The van der Waals surface area contributed by atoms with Crippen molar-refractivity contribution >= 4 is 28.8 Å². The molecule has 0 bridgehead atoms. The average Bonchev–Trinajstić information content (AvgIpc) is 3.43. The Kier molecular flexibility index (Phi) is 6.37. The molecule has 0 spiro atoms. The van der Waals surface area contributed by atoms with Gasteiger partial charge in [-0.3, -0.25) is 9.59 Å². The number of rotatable bonds is 7. The number of aromatic hydroxyl groups is 1. The van der Waals surface area contributed by atoms with Crippen LogP contribution in [-0.4, -0.2) is 40.5 Å². The molecule has 1 atom stereocenters. The summed E-state index contributed by atoms with van der Waals surface area (Å²) < 4.78 is 10.7. The van der Waals surface area contributed by atoms with E-state index >= 15 is 0 Å². The quantitative estimate of drug-likeness (QED) is 0.303. The summed E-state index contributed by atoms with van der Waals surface area (Å²) in [5, 5.41) is 23.2. The highest BCUT2D eigenvalue weighted by atomic mass is 32.1. The third-order valence-electron chi connectivity index (χ3n) is 5.41. The van der Waals surface area contributed by atoms with Crippen molar-refractivity contribution in [1.29, 1.82) is 0 Å². The van der Waals surface area contributed by atoms with E-state index < -0.39 is 17.7 Å². The molecule has 170 valence electrons. The molecule has 1 unspecified atom stereocenters. The minimum absolute atomic E-state index is 0.0186. The van der Waals surface area contributed by atoms with E-state index in [1.165, 1.54) is 29.4 Å². The highest BCUT2D eigenvalue weighted by molar-refractivity contribution is 7.09. The van der Waals surface area contributed by atoms with Crippen LogP contribution < -0.4 is 9.47 Å². The number of phenols is 1. The number of nitrogens with zero attached hydrogens (tertiary/aromatic N) is 1. The second kappa shape index (κ2) is 9.38. The maximum Gasteiger partial charge on any atom is 0.295 e. The summed E-state index contributed by atoms with van der Waals surface area (Å²) in [6.45, 7) is 2.33. The highest BCUT2D eigenvalue weighted by Gasteiger charge is 2.46. The van der Waals surface area contributed by atoms with Crippen LogP contribution in [0.5, 0.6) is 17.2 Å². The molecule has 0 saturated carbocycles. The molecule has 33 heavy (non-hydrogen) atoms. The van der Waals surface area contributed by atoms with Crippen LogP contribution in [0.1, 0.15) is 29.0 Å². The van der Waals surface area contributed by atoms with Crippen molar-refractivity contribution in [2.24, 2.45) is 0 Å². The predicted molar refractivity (Wildman–Crippen MR) is 124 cm³/mol. The van der Waals surface area contributed by atoms with Gasteiger partial charge in [-0.15, -0.1) is 11.3 Å². The summed E-state index contributed by atoms with van der Waals surface area (Å²) in [5.41, 5.74) is 0.913. The minimum atomic E-state index is -0.853. The topological polar surface area (TPSA) is 96.3 Å². The Morgan fingerprint density at radius 1 is 1.12 bits per heavy atom. The number of thiophene rings is 1. The molecule has 1 aliphatic rings. The molecule has 0 aliphatic carbocycles. The molecule has 1 saturated heterocycles. The lowest BCUT2D eigenvalue weighted by molar-refractivity contribution is -0.140. The number of amides is 1. The zero-order valence-corrected chi connectivity index (χ0v) is 19.0. The Hall–Kier alpha value is -3.78. The van der Waals surface area contributed by atoms with Gasteiger partial charge in [0, 0.05) is 10.4 Å². The van der Waals surface area contributed by atoms with Crippen LogP contribution in [0.3, 0.4) is 0 Å². The SMILES string of the molecule is CCOc1cc(C2/C(=C(/O)c3ccc(OC)cc3)C(=O)C(=O)N2Cc2cccs2)ccc1O. The van der Waals surface area contributed by atoms with Crippen LogP contribution in [0.25, 0.3) is 5.76 Å². The number of likely N-dealkylation sites (tertiary alicyclic amines) is 1. The Bertz CT molecular complexity index is 1200. The molecule has 1 fully saturated rings. The van der Waals surface area contributed by atoms with Crippen LogP contribution in [0.2, 0.25) is 0 Å². The van der Waals surface area contributed by atoms with Gasteiger partial charge < -0.3 is 24.6 Å². The Morgan fingerprint density at radius 3 is 2.52 bits per heavy atom. The maximum atomic E-state index is 13.1. The Morgan fingerprint density at radius 2 is 1.88 bits per heavy atom. The van der Waals surface area contributed by atoms with Crippen LogP contribution in [-0.2, 0) is 16.1 Å². The van der Waals surface area contributed by atoms with Crippen molar-refractivity contribution in [3.8, 4) is 17.2 Å². The number of benzene rings is 2. The number of carbonyl (C=O) groups is 2. The molecular formula is C25H23NO6S. The fourth-order valence-electron chi connectivity index (χ4n) is 3.84. The molecular weight excluding hydrogens is 442 g/mol. The smallest absolute Gasteiger partial charge is 0.295 e. The lowest BCUT2D eigenvalue weighted by atomic mass is 9.95. The maximum absolute atomic E-state index is 13.1. The summed E-state index contributed by atoms with van der Waals surface area (Å²) in [7, 11) is 1.53. The van der Waals surface area contributed by atoms with Crippen LogP contribution in [0, 0.1) is 0 Å². The zero-order chi connectivity index (χ0) is 23.5. The molecule has 2 N–H and O–H groups in total. The fourth-order valence-corrected chi connectivity index (χ4v) is 4.54. The molecule has 0 radical (unpaired) electrons. The van der Waals surface area contributed by atoms with Gasteiger partial charge >= 0.3 is 0 Å². The Labute approximate surface area is 195 Å². The van der Waals surface area contributed by atoms with Gasteiger partial charge in [-0.05, 0) is 60.3 Å². The number of aliphatic hydroxyl groups is 1. The van der Waals surface area contributed by atoms with Crippen molar-refractivity contribution in [3.05, 3.63) is 81.6 Å². The van der Waals surface area contributed by atoms with Crippen molar-refractivity contribution in [2.45, 2.75) is 19.5 Å². The number of Topliss-reactive ketones (excluding diaryl/α,β-unsaturated/α-hetero) is 1. The van der Waals surface area contributed by atoms with Crippen LogP contribution >= 0.6 is 11.3 Å². The predicted octanol–water partition coefficient (Wildman–Crippen LogP) is 4.48. The molecule has 1 amide bonds. The number of aliphatic hydroxyl groups excluding tert-OH is 1. The third kappa shape index (κ3) is 4.29. The van der Waals surface area contributed by atoms with Crippen LogP contribution in [0.15, 0.2) is 65.6 Å². The number of carbonyl (C=O) groups excluding carboxylic acids is 2. The molecule has 2 heterocycles. The summed E-state index contributed by atoms with van der Waals surface area (Å²) in [5.74, 6) is -0.959. The third-order valence-corrected chi connectivity index (χ3v) is 6.27. The van der Waals surface area contributed by atoms with E-state index in [9.17, 15) is 19.8 Å².